The second-order valence-electron chi connectivity index (χ2n) is 6.93. The maximum Gasteiger partial charge on any atom is 0.231 e. The molecule has 2 aliphatic heterocycles. The van der Waals surface area contributed by atoms with Crippen LogP contribution >= 0.6 is 11.8 Å². The van der Waals surface area contributed by atoms with Crippen molar-refractivity contribution in [2.24, 2.45) is 0 Å². The molecule has 1 amide bonds. The van der Waals surface area contributed by atoms with Crippen molar-refractivity contribution in [2.45, 2.75) is 25.0 Å². The quantitative estimate of drug-likeness (QED) is 0.828. The first kappa shape index (κ1) is 19.5. The Hall–Kier alpha value is -2.82. The minimum Gasteiger partial charge on any atom is -0.494 e. The Morgan fingerprint density at radius 1 is 1.28 bits per heavy atom. The fraction of sp³-hybridized carbons (Fsp3) is 0.273. The van der Waals surface area contributed by atoms with E-state index in [1.54, 1.807) is 0 Å². The lowest BCUT2D eigenvalue weighted by molar-refractivity contribution is -0.149. The molecule has 2 aromatic carbocycles. The molecular formula is C22H19FN2O3S. The first-order valence-corrected chi connectivity index (χ1v) is 10.3. The summed E-state index contributed by atoms with van der Waals surface area (Å²) >= 11 is 1.27. The highest BCUT2D eigenvalue weighted by Gasteiger charge is 2.51. The molecule has 2 aliphatic rings. The van der Waals surface area contributed by atoms with Gasteiger partial charge in [-0.2, -0.15) is 5.26 Å². The number of nitriles is 1. The summed E-state index contributed by atoms with van der Waals surface area (Å²) in [7, 11) is 0. The first-order chi connectivity index (χ1) is 14.0. The van der Waals surface area contributed by atoms with Crippen molar-refractivity contribution in [3.05, 3.63) is 76.1 Å². The van der Waals surface area contributed by atoms with Gasteiger partial charge in [0.25, 0.3) is 0 Å². The molecule has 0 bridgehead atoms. The zero-order valence-electron chi connectivity index (χ0n) is 15.8. The molecule has 1 N–H and O–H groups in total. The van der Waals surface area contributed by atoms with E-state index in [2.05, 4.69) is 6.07 Å². The summed E-state index contributed by atoms with van der Waals surface area (Å²) in [4.78, 5) is 14.4. The number of allylic oxidation sites excluding steroid dienone is 1. The Morgan fingerprint density at radius 2 is 1.97 bits per heavy atom. The van der Waals surface area contributed by atoms with E-state index >= 15 is 0 Å². The lowest BCUT2D eigenvalue weighted by atomic mass is 9.85. The molecule has 0 aromatic heterocycles. The van der Waals surface area contributed by atoms with E-state index in [-0.39, 0.29) is 24.0 Å². The lowest BCUT2D eigenvalue weighted by Crippen LogP contribution is -2.48. The average Bonchev–Trinajstić information content (AvgIpc) is 3.08. The van der Waals surface area contributed by atoms with E-state index in [9.17, 15) is 19.6 Å². The van der Waals surface area contributed by atoms with E-state index < -0.39 is 11.5 Å². The van der Waals surface area contributed by atoms with Crippen LogP contribution in [-0.2, 0) is 10.5 Å². The topological polar surface area (TPSA) is 73.6 Å². The number of nitrogens with zero attached hydrogens (tertiary/aromatic N) is 2. The van der Waals surface area contributed by atoms with Crippen molar-refractivity contribution < 1.29 is 19.0 Å². The van der Waals surface area contributed by atoms with E-state index in [1.807, 2.05) is 31.2 Å². The number of carbonyl (C=O) groups excluding carboxylic acids is 1. The number of fused-ring (bicyclic) bond motifs is 1. The number of aliphatic hydroxyl groups is 1. The third-order valence-corrected chi connectivity index (χ3v) is 6.43. The van der Waals surface area contributed by atoms with Gasteiger partial charge in [0.1, 0.15) is 11.6 Å². The summed E-state index contributed by atoms with van der Waals surface area (Å²) in [5, 5.41) is 21.6. The van der Waals surface area contributed by atoms with E-state index in [0.717, 1.165) is 11.3 Å². The SMILES string of the molecule is CCOc1ccc([C@H]2CC(=O)N3C(=C2C#N)SC[C@]3(O)c2ccc(F)cc2)cc1. The molecule has 0 saturated carbocycles. The Balaban J connectivity index is 1.73. The van der Waals surface area contributed by atoms with Crippen molar-refractivity contribution in [3.8, 4) is 11.8 Å². The summed E-state index contributed by atoms with van der Waals surface area (Å²) in [5.74, 6) is -0.155. The van der Waals surface area contributed by atoms with Crippen LogP contribution in [0, 0.1) is 17.1 Å². The number of ether oxygens (including phenoxy) is 1. The number of rotatable bonds is 4. The lowest BCUT2D eigenvalue weighted by Gasteiger charge is -2.38. The Labute approximate surface area is 172 Å². The fourth-order valence-electron chi connectivity index (χ4n) is 3.80. The number of hydrogen-bond donors (Lipinski definition) is 1. The molecule has 0 spiro atoms. The van der Waals surface area contributed by atoms with Gasteiger partial charge in [-0.1, -0.05) is 24.3 Å². The van der Waals surface area contributed by atoms with Gasteiger partial charge in [0.05, 0.1) is 29.0 Å². The zero-order chi connectivity index (χ0) is 20.6. The van der Waals surface area contributed by atoms with Gasteiger partial charge in [-0.3, -0.25) is 9.69 Å². The number of carbonyl (C=O) groups is 1. The van der Waals surface area contributed by atoms with Crippen molar-refractivity contribution in [1.82, 2.24) is 4.90 Å². The summed E-state index contributed by atoms with van der Waals surface area (Å²) in [6.07, 6.45) is 0.0738. The number of amides is 1. The van der Waals surface area contributed by atoms with Crippen molar-refractivity contribution in [3.63, 3.8) is 0 Å². The molecule has 0 unspecified atom stereocenters. The fourth-order valence-corrected chi connectivity index (χ4v) is 5.16. The predicted molar refractivity (Wildman–Crippen MR) is 107 cm³/mol. The summed E-state index contributed by atoms with van der Waals surface area (Å²) in [6.45, 7) is 2.46. The smallest absolute Gasteiger partial charge is 0.231 e. The van der Waals surface area contributed by atoms with Gasteiger partial charge >= 0.3 is 0 Å². The molecule has 2 atom stereocenters. The molecule has 148 valence electrons. The van der Waals surface area contributed by atoms with Crippen LogP contribution in [0.25, 0.3) is 0 Å². The van der Waals surface area contributed by atoms with Crippen LogP contribution in [0.5, 0.6) is 5.75 Å². The minimum atomic E-state index is -1.60. The van der Waals surface area contributed by atoms with Crippen LogP contribution in [0.3, 0.4) is 0 Å². The van der Waals surface area contributed by atoms with Gasteiger partial charge in [-0.15, -0.1) is 11.8 Å². The summed E-state index contributed by atoms with van der Waals surface area (Å²) < 4.78 is 18.8. The van der Waals surface area contributed by atoms with Crippen LogP contribution in [0.4, 0.5) is 4.39 Å². The normalized spacial score (nSPS) is 23.7. The third-order valence-electron chi connectivity index (χ3n) is 5.21. The molecule has 4 rings (SSSR count). The van der Waals surface area contributed by atoms with Gasteiger partial charge in [0.2, 0.25) is 5.91 Å². The number of benzene rings is 2. The monoisotopic (exact) mass is 410 g/mol. The van der Waals surface area contributed by atoms with Crippen LogP contribution in [-0.4, -0.2) is 28.3 Å². The highest BCUT2D eigenvalue weighted by Crippen LogP contribution is 2.51. The van der Waals surface area contributed by atoms with Crippen molar-refractivity contribution >= 4 is 17.7 Å². The zero-order valence-corrected chi connectivity index (χ0v) is 16.6. The van der Waals surface area contributed by atoms with Crippen molar-refractivity contribution in [2.75, 3.05) is 12.4 Å². The van der Waals surface area contributed by atoms with Crippen molar-refractivity contribution in [1.29, 1.82) is 5.26 Å². The van der Waals surface area contributed by atoms with Crippen LogP contribution < -0.4 is 4.74 Å². The minimum absolute atomic E-state index is 0.0738. The molecule has 2 aromatic rings. The maximum atomic E-state index is 13.3. The largest absolute Gasteiger partial charge is 0.494 e. The van der Waals surface area contributed by atoms with E-state index in [4.69, 9.17) is 4.74 Å². The van der Waals surface area contributed by atoms with Gasteiger partial charge in [-0.05, 0) is 36.8 Å². The molecule has 0 radical (unpaired) electrons. The van der Waals surface area contributed by atoms with Gasteiger partial charge < -0.3 is 9.84 Å². The number of halogens is 1. The molecular weight excluding hydrogens is 391 g/mol. The summed E-state index contributed by atoms with van der Waals surface area (Å²) in [6, 6.07) is 15.1. The third kappa shape index (κ3) is 3.28. The molecule has 0 aliphatic carbocycles. The summed E-state index contributed by atoms with van der Waals surface area (Å²) in [5.41, 5.74) is 0.128. The van der Waals surface area contributed by atoms with E-state index in [0.29, 0.717) is 22.8 Å². The molecule has 1 fully saturated rings. The van der Waals surface area contributed by atoms with Crippen LogP contribution in [0.2, 0.25) is 0 Å². The molecule has 1 saturated heterocycles. The molecule has 29 heavy (non-hydrogen) atoms. The average molecular weight is 410 g/mol. The van der Waals surface area contributed by atoms with Gasteiger partial charge in [-0.25, -0.2) is 4.39 Å². The second-order valence-corrected chi connectivity index (χ2v) is 7.89. The van der Waals surface area contributed by atoms with E-state index in [1.165, 1.54) is 40.9 Å². The highest BCUT2D eigenvalue weighted by atomic mass is 32.2. The predicted octanol–water partition coefficient (Wildman–Crippen LogP) is 3.87. The van der Waals surface area contributed by atoms with Gasteiger partial charge in [0.15, 0.2) is 5.72 Å². The highest BCUT2D eigenvalue weighted by molar-refractivity contribution is 8.03. The number of thioether (sulfide) groups is 1. The Kier molecular flexibility index (Phi) is 5.07. The maximum absolute atomic E-state index is 13.3. The Morgan fingerprint density at radius 3 is 2.59 bits per heavy atom. The van der Waals surface area contributed by atoms with Crippen LogP contribution in [0.15, 0.2) is 59.1 Å². The first-order valence-electron chi connectivity index (χ1n) is 9.29. The molecule has 5 nitrogen and oxygen atoms in total. The molecule has 2 heterocycles. The van der Waals surface area contributed by atoms with Gasteiger partial charge in [0, 0.05) is 17.9 Å². The standard InChI is InChI=1S/C22H19FN2O3S/c1-2-28-17-9-3-14(4-10-17)18-11-20(26)25-21(19(18)12-24)29-13-22(25,27)15-5-7-16(23)8-6-15/h3-10,18,27H,2,11,13H2,1H3/t18-,22+/m1/s1. The Bertz CT molecular complexity index is 1010. The number of hydrogen-bond acceptors (Lipinski definition) is 5. The molecule has 7 heteroatoms. The van der Waals surface area contributed by atoms with Crippen LogP contribution in [0.1, 0.15) is 30.4 Å². The second kappa shape index (κ2) is 7.54.